The van der Waals surface area contributed by atoms with Gasteiger partial charge in [0, 0.05) is 0 Å². The Morgan fingerprint density at radius 2 is 2.55 bits per heavy atom. The van der Waals surface area contributed by atoms with Gasteiger partial charge in [-0.05, 0) is 11.8 Å². The SMILES string of the molecule is CCn1nc(Cl)cc1[N+](=O)[O-]. The molecule has 0 fully saturated rings. The highest BCUT2D eigenvalue weighted by atomic mass is 35.5. The predicted octanol–water partition coefficient (Wildman–Crippen LogP) is 1.46. The molecule has 0 saturated carbocycles. The lowest BCUT2D eigenvalue weighted by atomic mass is 10.6. The third kappa shape index (κ3) is 1.48. The van der Waals surface area contributed by atoms with Crippen LogP contribution < -0.4 is 0 Å². The van der Waals surface area contributed by atoms with Crippen molar-refractivity contribution in [2.24, 2.45) is 0 Å². The van der Waals surface area contributed by atoms with E-state index in [2.05, 4.69) is 5.10 Å². The monoisotopic (exact) mass is 175 g/mol. The van der Waals surface area contributed by atoms with Crippen LogP contribution >= 0.6 is 11.6 Å². The van der Waals surface area contributed by atoms with Gasteiger partial charge in [-0.2, -0.15) is 0 Å². The highest BCUT2D eigenvalue weighted by Gasteiger charge is 2.14. The molecule has 0 atom stereocenters. The second kappa shape index (κ2) is 2.87. The van der Waals surface area contributed by atoms with Gasteiger partial charge in [-0.15, -0.1) is 4.68 Å². The molecular weight excluding hydrogens is 170 g/mol. The second-order valence-electron chi connectivity index (χ2n) is 1.90. The molecule has 0 aliphatic rings. The van der Waals surface area contributed by atoms with Crippen molar-refractivity contribution in [1.82, 2.24) is 9.78 Å². The Morgan fingerprint density at radius 1 is 1.91 bits per heavy atom. The number of hydrogen-bond acceptors (Lipinski definition) is 3. The molecular formula is C5H6ClN3O2. The third-order valence-corrected chi connectivity index (χ3v) is 1.40. The summed E-state index contributed by atoms with van der Waals surface area (Å²) in [6.45, 7) is 2.21. The Hall–Kier alpha value is -1.10. The molecule has 0 spiro atoms. The Morgan fingerprint density at radius 3 is 2.91 bits per heavy atom. The lowest BCUT2D eigenvalue weighted by Gasteiger charge is -1.92. The molecule has 60 valence electrons. The zero-order chi connectivity index (χ0) is 8.43. The van der Waals surface area contributed by atoms with E-state index in [0.29, 0.717) is 6.54 Å². The highest BCUT2D eigenvalue weighted by Crippen LogP contribution is 2.16. The van der Waals surface area contributed by atoms with E-state index in [1.165, 1.54) is 10.7 Å². The van der Waals surface area contributed by atoms with Crippen molar-refractivity contribution in [3.8, 4) is 0 Å². The molecule has 0 aromatic carbocycles. The Bertz CT molecular complexity index is 283. The number of nitrogens with zero attached hydrogens (tertiary/aromatic N) is 3. The Labute approximate surface area is 67.7 Å². The van der Waals surface area contributed by atoms with Gasteiger partial charge in [-0.3, -0.25) is 0 Å². The first kappa shape index (κ1) is 8.00. The first-order chi connectivity index (χ1) is 5.15. The molecule has 1 heterocycles. The molecule has 1 aromatic rings. The fraction of sp³-hybridized carbons (Fsp3) is 0.400. The molecule has 1 aromatic heterocycles. The number of halogens is 1. The van der Waals surface area contributed by atoms with E-state index in [1.807, 2.05) is 0 Å². The lowest BCUT2D eigenvalue weighted by molar-refractivity contribution is -0.392. The smallest absolute Gasteiger partial charge is 0.346 e. The Kier molecular flexibility index (Phi) is 2.09. The van der Waals surface area contributed by atoms with Crippen molar-refractivity contribution in [2.75, 3.05) is 0 Å². The fourth-order valence-electron chi connectivity index (χ4n) is 0.756. The first-order valence-electron chi connectivity index (χ1n) is 3.03. The van der Waals surface area contributed by atoms with Gasteiger partial charge in [0.15, 0.2) is 5.15 Å². The molecule has 0 aliphatic heterocycles. The average molecular weight is 176 g/mol. The van der Waals surface area contributed by atoms with Crippen molar-refractivity contribution in [2.45, 2.75) is 13.5 Å². The predicted molar refractivity (Wildman–Crippen MR) is 39.6 cm³/mol. The van der Waals surface area contributed by atoms with Gasteiger partial charge in [0.05, 0.1) is 6.07 Å². The zero-order valence-electron chi connectivity index (χ0n) is 5.82. The average Bonchev–Trinajstić information content (AvgIpc) is 2.30. The molecule has 1 rings (SSSR count). The number of rotatable bonds is 2. The second-order valence-corrected chi connectivity index (χ2v) is 2.29. The highest BCUT2D eigenvalue weighted by molar-refractivity contribution is 6.29. The fourth-order valence-corrected chi connectivity index (χ4v) is 0.945. The largest absolute Gasteiger partial charge is 0.358 e. The van der Waals surface area contributed by atoms with Crippen molar-refractivity contribution < 1.29 is 4.92 Å². The van der Waals surface area contributed by atoms with Crippen molar-refractivity contribution in [3.63, 3.8) is 0 Å². The molecule has 0 aliphatic carbocycles. The molecule has 0 saturated heterocycles. The summed E-state index contributed by atoms with van der Waals surface area (Å²) in [7, 11) is 0. The van der Waals surface area contributed by atoms with Gasteiger partial charge in [0.25, 0.3) is 0 Å². The minimum absolute atomic E-state index is 0.0718. The number of aryl methyl sites for hydroxylation is 1. The summed E-state index contributed by atoms with van der Waals surface area (Å²) in [5.74, 6) is -0.0718. The quantitative estimate of drug-likeness (QED) is 0.505. The minimum atomic E-state index is -0.512. The molecule has 0 amide bonds. The number of nitro groups is 1. The Balaban J connectivity index is 3.12. The van der Waals surface area contributed by atoms with Gasteiger partial charge in [-0.1, -0.05) is 16.7 Å². The van der Waals surface area contributed by atoms with Crippen LogP contribution in [0.2, 0.25) is 5.15 Å². The normalized spacial score (nSPS) is 10.0. The maximum absolute atomic E-state index is 10.3. The number of aromatic nitrogens is 2. The summed E-state index contributed by atoms with van der Waals surface area (Å²) < 4.78 is 1.24. The van der Waals surface area contributed by atoms with Crippen LogP contribution in [0.4, 0.5) is 5.82 Å². The minimum Gasteiger partial charge on any atom is -0.358 e. The third-order valence-electron chi connectivity index (χ3n) is 1.22. The van der Waals surface area contributed by atoms with Gasteiger partial charge < -0.3 is 10.1 Å². The molecule has 0 N–H and O–H groups in total. The van der Waals surface area contributed by atoms with E-state index in [1.54, 1.807) is 6.92 Å². The van der Waals surface area contributed by atoms with Gasteiger partial charge in [0.2, 0.25) is 0 Å². The summed E-state index contributed by atoms with van der Waals surface area (Å²) in [4.78, 5) is 9.77. The molecule has 0 bridgehead atoms. The summed E-state index contributed by atoms with van der Waals surface area (Å²) in [6, 6.07) is 1.23. The van der Waals surface area contributed by atoms with E-state index >= 15 is 0 Å². The molecule has 6 heteroatoms. The summed E-state index contributed by atoms with van der Waals surface area (Å²) in [6.07, 6.45) is 0. The first-order valence-corrected chi connectivity index (χ1v) is 3.40. The molecule has 11 heavy (non-hydrogen) atoms. The van der Waals surface area contributed by atoms with Gasteiger partial charge in [-0.25, -0.2) is 0 Å². The van der Waals surface area contributed by atoms with E-state index in [4.69, 9.17) is 11.6 Å². The van der Waals surface area contributed by atoms with Crippen LogP contribution in [-0.2, 0) is 6.54 Å². The van der Waals surface area contributed by atoms with E-state index in [0.717, 1.165) is 0 Å². The number of hydrogen-bond donors (Lipinski definition) is 0. The van der Waals surface area contributed by atoms with Crippen LogP contribution in [0.1, 0.15) is 6.92 Å². The molecule has 0 radical (unpaired) electrons. The standard InChI is InChI=1S/C5H6ClN3O2/c1-2-8-5(9(10)11)3-4(6)7-8/h3H,2H2,1H3. The van der Waals surface area contributed by atoms with E-state index < -0.39 is 4.92 Å². The topological polar surface area (TPSA) is 61.0 Å². The van der Waals surface area contributed by atoms with Gasteiger partial charge in [0.1, 0.15) is 6.54 Å². The van der Waals surface area contributed by atoms with Crippen molar-refractivity contribution >= 4 is 17.4 Å². The zero-order valence-corrected chi connectivity index (χ0v) is 6.58. The van der Waals surface area contributed by atoms with Crippen molar-refractivity contribution in [3.05, 3.63) is 21.3 Å². The van der Waals surface area contributed by atoms with Crippen LogP contribution in [0.3, 0.4) is 0 Å². The van der Waals surface area contributed by atoms with Crippen LogP contribution in [0.5, 0.6) is 0 Å². The lowest BCUT2D eigenvalue weighted by Crippen LogP contribution is -2.01. The van der Waals surface area contributed by atoms with E-state index in [-0.39, 0.29) is 11.0 Å². The van der Waals surface area contributed by atoms with E-state index in [9.17, 15) is 10.1 Å². The summed E-state index contributed by atoms with van der Waals surface area (Å²) in [5.41, 5.74) is 0. The molecule has 0 unspecified atom stereocenters. The van der Waals surface area contributed by atoms with Crippen LogP contribution in [-0.4, -0.2) is 14.7 Å². The van der Waals surface area contributed by atoms with Crippen LogP contribution in [0.25, 0.3) is 0 Å². The maximum atomic E-state index is 10.3. The summed E-state index contributed by atoms with van der Waals surface area (Å²) >= 11 is 5.45. The summed E-state index contributed by atoms with van der Waals surface area (Å²) in [5, 5.41) is 14.1. The van der Waals surface area contributed by atoms with Crippen molar-refractivity contribution in [1.29, 1.82) is 0 Å². The van der Waals surface area contributed by atoms with Crippen LogP contribution in [0.15, 0.2) is 6.07 Å². The maximum Gasteiger partial charge on any atom is 0.346 e. The van der Waals surface area contributed by atoms with Crippen LogP contribution in [0, 0.1) is 10.1 Å². The van der Waals surface area contributed by atoms with Gasteiger partial charge >= 0.3 is 5.82 Å². The molecule has 5 nitrogen and oxygen atoms in total.